The van der Waals surface area contributed by atoms with Crippen molar-refractivity contribution in [3.8, 4) is 11.5 Å². The second-order valence-electron chi connectivity index (χ2n) is 6.45. The summed E-state index contributed by atoms with van der Waals surface area (Å²) in [5.41, 5.74) is 3.72. The lowest BCUT2D eigenvalue weighted by atomic mass is 10.1. The number of para-hydroxylation sites is 2. The zero-order valence-corrected chi connectivity index (χ0v) is 16.9. The Hall–Kier alpha value is -4.20. The molecule has 0 fully saturated rings. The minimum atomic E-state index is -0.482. The van der Waals surface area contributed by atoms with Crippen LogP contribution in [-0.4, -0.2) is 29.8 Å². The highest BCUT2D eigenvalue weighted by Crippen LogP contribution is 2.18. The lowest BCUT2D eigenvalue weighted by molar-refractivity contribution is -0.384. The van der Waals surface area contributed by atoms with Crippen molar-refractivity contribution >= 4 is 17.3 Å². The fraction of sp³-hybridized carbons (Fsp3) is 0.130. The molecule has 0 atom stereocenters. The Bertz CT molecular complexity index is 1080. The van der Waals surface area contributed by atoms with E-state index in [4.69, 9.17) is 9.47 Å². The Morgan fingerprint density at radius 2 is 1.68 bits per heavy atom. The van der Waals surface area contributed by atoms with E-state index < -0.39 is 10.8 Å². The van der Waals surface area contributed by atoms with E-state index in [9.17, 15) is 14.9 Å². The summed E-state index contributed by atoms with van der Waals surface area (Å²) in [4.78, 5) is 23.0. The second-order valence-corrected chi connectivity index (χ2v) is 6.45. The summed E-state index contributed by atoms with van der Waals surface area (Å²) in [6.07, 6.45) is 0. The van der Waals surface area contributed by atoms with E-state index >= 15 is 0 Å². The number of benzene rings is 3. The maximum Gasteiger partial charge on any atom is 0.275 e. The Labute approximate surface area is 179 Å². The fourth-order valence-corrected chi connectivity index (χ4v) is 2.71. The molecule has 0 aromatic heterocycles. The van der Waals surface area contributed by atoms with Crippen molar-refractivity contribution in [3.63, 3.8) is 0 Å². The number of nitro groups is 1. The predicted molar refractivity (Wildman–Crippen MR) is 117 cm³/mol. The van der Waals surface area contributed by atoms with Gasteiger partial charge in [0, 0.05) is 17.7 Å². The molecule has 1 N–H and O–H groups in total. The minimum absolute atomic E-state index is 0.0464. The minimum Gasteiger partial charge on any atom is -0.490 e. The van der Waals surface area contributed by atoms with Gasteiger partial charge in [-0.3, -0.25) is 14.9 Å². The van der Waals surface area contributed by atoms with E-state index in [1.807, 2.05) is 30.3 Å². The number of ether oxygens (including phenoxy) is 2. The smallest absolute Gasteiger partial charge is 0.275 e. The number of nitrogens with zero attached hydrogens (tertiary/aromatic N) is 2. The molecule has 8 heteroatoms. The number of hydrogen-bond acceptors (Lipinski definition) is 6. The third kappa shape index (κ3) is 6.14. The third-order valence-corrected chi connectivity index (χ3v) is 4.28. The largest absolute Gasteiger partial charge is 0.490 e. The number of carbonyl (C=O) groups is 1. The molecule has 0 saturated heterocycles. The molecule has 31 heavy (non-hydrogen) atoms. The normalized spacial score (nSPS) is 10.9. The van der Waals surface area contributed by atoms with Crippen LogP contribution in [0.5, 0.6) is 11.5 Å². The van der Waals surface area contributed by atoms with Gasteiger partial charge in [0.1, 0.15) is 24.7 Å². The summed E-state index contributed by atoms with van der Waals surface area (Å²) >= 11 is 0. The van der Waals surface area contributed by atoms with E-state index in [-0.39, 0.29) is 12.3 Å². The average Bonchev–Trinajstić information content (AvgIpc) is 2.81. The van der Waals surface area contributed by atoms with Crippen molar-refractivity contribution in [2.45, 2.75) is 6.92 Å². The van der Waals surface area contributed by atoms with Gasteiger partial charge in [0.25, 0.3) is 11.6 Å². The van der Waals surface area contributed by atoms with E-state index in [0.29, 0.717) is 29.2 Å². The number of nitrogens with one attached hydrogen (secondary N) is 1. The van der Waals surface area contributed by atoms with Gasteiger partial charge in [-0.25, -0.2) is 5.43 Å². The quantitative estimate of drug-likeness (QED) is 0.242. The first-order valence-corrected chi connectivity index (χ1v) is 9.54. The third-order valence-electron chi connectivity index (χ3n) is 4.28. The maximum absolute atomic E-state index is 12.6. The monoisotopic (exact) mass is 419 g/mol. The number of amides is 1. The molecule has 0 radical (unpaired) electrons. The van der Waals surface area contributed by atoms with Gasteiger partial charge in [0.15, 0.2) is 0 Å². The summed E-state index contributed by atoms with van der Waals surface area (Å²) < 4.78 is 11.3. The summed E-state index contributed by atoms with van der Waals surface area (Å²) in [5.74, 6) is 0.687. The molecule has 3 rings (SSSR count). The Kier molecular flexibility index (Phi) is 7.31. The number of hydrazone groups is 1. The Morgan fingerprint density at radius 1 is 0.968 bits per heavy atom. The van der Waals surface area contributed by atoms with E-state index in [1.54, 1.807) is 43.3 Å². The van der Waals surface area contributed by atoms with Gasteiger partial charge in [-0.05, 0) is 31.2 Å². The van der Waals surface area contributed by atoms with Crippen LogP contribution in [-0.2, 0) is 0 Å². The first-order valence-electron chi connectivity index (χ1n) is 9.54. The zero-order chi connectivity index (χ0) is 22.1. The molecule has 0 heterocycles. The number of carbonyl (C=O) groups excluding carboxylic acids is 1. The van der Waals surface area contributed by atoms with Crippen LogP contribution in [0.15, 0.2) is 84.0 Å². The molecule has 158 valence electrons. The van der Waals surface area contributed by atoms with Crippen molar-refractivity contribution in [1.82, 2.24) is 5.43 Å². The lowest BCUT2D eigenvalue weighted by Gasteiger charge is -2.11. The van der Waals surface area contributed by atoms with Gasteiger partial charge in [-0.1, -0.05) is 42.5 Å². The summed E-state index contributed by atoms with van der Waals surface area (Å²) in [7, 11) is 0. The average molecular weight is 419 g/mol. The molecule has 3 aromatic carbocycles. The highest BCUT2D eigenvalue weighted by atomic mass is 16.6. The van der Waals surface area contributed by atoms with Crippen molar-refractivity contribution in [2.75, 3.05) is 13.2 Å². The molecule has 0 spiro atoms. The number of non-ortho nitro benzene ring substituents is 1. The second kappa shape index (κ2) is 10.5. The Morgan fingerprint density at radius 3 is 2.45 bits per heavy atom. The van der Waals surface area contributed by atoms with Crippen LogP contribution in [0.2, 0.25) is 0 Å². The van der Waals surface area contributed by atoms with Crippen molar-refractivity contribution in [2.24, 2.45) is 5.10 Å². The zero-order valence-electron chi connectivity index (χ0n) is 16.9. The number of hydrogen-bond donors (Lipinski definition) is 1. The van der Waals surface area contributed by atoms with Gasteiger partial charge in [-0.2, -0.15) is 5.10 Å². The topological polar surface area (TPSA) is 103 Å². The molecule has 0 bridgehead atoms. The van der Waals surface area contributed by atoms with Crippen molar-refractivity contribution < 1.29 is 19.2 Å². The first-order chi connectivity index (χ1) is 15.0. The van der Waals surface area contributed by atoms with Crippen LogP contribution >= 0.6 is 0 Å². The standard InChI is InChI=1S/C23H21N3O5/c1-17(18-8-7-9-19(16-18)26(28)29)24-25-23(27)21-12-5-6-13-22(21)31-15-14-30-20-10-3-2-4-11-20/h2-13,16H,14-15H2,1H3,(H,25,27)/b24-17+. The van der Waals surface area contributed by atoms with Gasteiger partial charge in [0.2, 0.25) is 0 Å². The van der Waals surface area contributed by atoms with Crippen LogP contribution in [0.3, 0.4) is 0 Å². The molecule has 1 amide bonds. The van der Waals surface area contributed by atoms with Gasteiger partial charge in [0.05, 0.1) is 16.2 Å². The molecule has 0 aliphatic carbocycles. The predicted octanol–water partition coefficient (Wildman–Crippen LogP) is 4.21. The summed E-state index contributed by atoms with van der Waals surface area (Å²) in [6.45, 7) is 2.24. The van der Waals surface area contributed by atoms with Crippen molar-refractivity contribution in [1.29, 1.82) is 0 Å². The summed E-state index contributed by atoms with van der Waals surface area (Å²) in [6, 6.07) is 22.2. The molecular formula is C23H21N3O5. The molecule has 0 aliphatic heterocycles. The molecule has 8 nitrogen and oxygen atoms in total. The number of nitro benzene ring substituents is 1. The fourth-order valence-electron chi connectivity index (χ4n) is 2.71. The van der Waals surface area contributed by atoms with Crippen LogP contribution in [0.1, 0.15) is 22.8 Å². The van der Waals surface area contributed by atoms with Crippen LogP contribution in [0.25, 0.3) is 0 Å². The molecule has 0 saturated carbocycles. The molecular weight excluding hydrogens is 398 g/mol. The number of rotatable bonds is 9. The highest BCUT2D eigenvalue weighted by molar-refractivity contribution is 6.01. The maximum atomic E-state index is 12.6. The highest BCUT2D eigenvalue weighted by Gasteiger charge is 2.13. The van der Waals surface area contributed by atoms with Gasteiger partial charge < -0.3 is 9.47 Å². The van der Waals surface area contributed by atoms with Crippen molar-refractivity contribution in [3.05, 3.63) is 100 Å². The van der Waals surface area contributed by atoms with Crippen LogP contribution in [0, 0.1) is 10.1 Å². The summed E-state index contributed by atoms with van der Waals surface area (Å²) in [5, 5.41) is 15.0. The van der Waals surface area contributed by atoms with Crippen LogP contribution in [0.4, 0.5) is 5.69 Å². The van der Waals surface area contributed by atoms with Crippen LogP contribution < -0.4 is 14.9 Å². The molecule has 3 aromatic rings. The van der Waals surface area contributed by atoms with Gasteiger partial charge >= 0.3 is 0 Å². The SMILES string of the molecule is C/C(=N\NC(=O)c1ccccc1OCCOc1ccccc1)c1cccc([N+](=O)[O-])c1. The first kappa shape index (κ1) is 21.5. The van der Waals surface area contributed by atoms with E-state index in [2.05, 4.69) is 10.5 Å². The lowest BCUT2D eigenvalue weighted by Crippen LogP contribution is -2.21. The Balaban J connectivity index is 1.60. The molecule has 0 unspecified atom stereocenters. The van der Waals surface area contributed by atoms with E-state index in [1.165, 1.54) is 12.1 Å². The molecule has 0 aliphatic rings. The van der Waals surface area contributed by atoms with E-state index in [0.717, 1.165) is 5.75 Å². The van der Waals surface area contributed by atoms with Gasteiger partial charge in [-0.15, -0.1) is 0 Å².